The van der Waals surface area contributed by atoms with Gasteiger partial charge in [-0.1, -0.05) is 30.3 Å². The van der Waals surface area contributed by atoms with Gasteiger partial charge < -0.3 is 15.9 Å². The van der Waals surface area contributed by atoms with Gasteiger partial charge in [-0.25, -0.2) is 22.0 Å². The van der Waals surface area contributed by atoms with Crippen molar-refractivity contribution in [2.24, 2.45) is 5.73 Å². The molecule has 3 rings (SSSR count). The van der Waals surface area contributed by atoms with Crippen molar-refractivity contribution in [3.05, 3.63) is 66.4 Å². The fraction of sp³-hybridized carbons (Fsp3) is 0.158. The van der Waals surface area contributed by atoms with Crippen molar-refractivity contribution in [3.63, 3.8) is 0 Å². The molecule has 0 unspecified atom stereocenters. The number of aromatic nitrogens is 1. The number of carbonyl (C=O) groups is 2. The highest BCUT2D eigenvalue weighted by Crippen LogP contribution is 2.25. The fourth-order valence-electron chi connectivity index (χ4n) is 2.63. The van der Waals surface area contributed by atoms with Gasteiger partial charge in [0.15, 0.2) is 0 Å². The van der Waals surface area contributed by atoms with Crippen molar-refractivity contribution < 1.29 is 28.2 Å². The van der Waals surface area contributed by atoms with Gasteiger partial charge in [0, 0.05) is 11.6 Å². The third-order valence-electron chi connectivity index (χ3n) is 3.92. The normalized spacial score (nSPS) is 10.9. The topological polar surface area (TPSA) is 140 Å². The number of benzene rings is 2. The molecular weight excluding hydrogens is 384 g/mol. The van der Waals surface area contributed by atoms with Crippen molar-refractivity contribution in [2.75, 3.05) is 6.54 Å². The van der Waals surface area contributed by atoms with Gasteiger partial charge in [-0.2, -0.15) is 0 Å². The third-order valence-corrected chi connectivity index (χ3v) is 5.62. The molecule has 0 aliphatic rings. The molecule has 148 valence electrons. The van der Waals surface area contributed by atoms with Crippen molar-refractivity contribution in [2.45, 2.75) is 17.7 Å². The second kappa shape index (κ2) is 9.16. The highest BCUT2D eigenvalue weighted by molar-refractivity contribution is 7.90. The number of hydrogen-bond donors (Lipinski definition) is 3. The monoisotopic (exact) mass is 404 g/mol. The predicted octanol–water partition coefficient (Wildman–Crippen LogP) is 1.93. The predicted molar refractivity (Wildman–Crippen MR) is 104 cm³/mol. The average molecular weight is 404 g/mol. The summed E-state index contributed by atoms with van der Waals surface area (Å²) < 4.78 is 26.9. The van der Waals surface area contributed by atoms with Crippen LogP contribution in [0.5, 0.6) is 0 Å². The number of nitrogens with two attached hydrogens (primary N) is 1. The van der Waals surface area contributed by atoms with E-state index in [2.05, 4.69) is 0 Å². The highest BCUT2D eigenvalue weighted by atomic mass is 32.2. The summed E-state index contributed by atoms with van der Waals surface area (Å²) in [5.74, 6) is -3.65. The number of hydrogen-bond acceptors (Lipinski definition) is 5. The van der Waals surface area contributed by atoms with E-state index < -0.39 is 22.0 Å². The van der Waals surface area contributed by atoms with Gasteiger partial charge in [-0.05, 0) is 49.2 Å². The lowest BCUT2D eigenvalue weighted by Crippen LogP contribution is -2.11. The van der Waals surface area contributed by atoms with Crippen LogP contribution in [0.1, 0.15) is 12.0 Å². The first-order valence-corrected chi connectivity index (χ1v) is 9.79. The summed E-state index contributed by atoms with van der Waals surface area (Å²) in [6, 6.07) is 16.1. The second-order valence-electron chi connectivity index (χ2n) is 5.78. The van der Waals surface area contributed by atoms with Crippen LogP contribution in [0.25, 0.3) is 10.9 Å². The van der Waals surface area contributed by atoms with E-state index in [4.69, 9.17) is 25.5 Å². The van der Waals surface area contributed by atoms with E-state index in [0.29, 0.717) is 17.0 Å². The van der Waals surface area contributed by atoms with E-state index in [0.717, 1.165) is 23.8 Å². The molecule has 0 atom stereocenters. The Hall–Kier alpha value is -3.17. The first-order valence-electron chi connectivity index (χ1n) is 8.35. The highest BCUT2D eigenvalue weighted by Gasteiger charge is 2.19. The summed E-state index contributed by atoms with van der Waals surface area (Å²) in [5, 5.41) is 15.8. The van der Waals surface area contributed by atoms with Gasteiger partial charge in [0.2, 0.25) is 0 Å². The molecule has 0 bridgehead atoms. The molecule has 0 aliphatic carbocycles. The minimum Gasteiger partial charge on any atom is -0.473 e. The fourth-order valence-corrected chi connectivity index (χ4v) is 4.00. The number of aryl methyl sites for hydroxylation is 1. The minimum atomic E-state index is -3.57. The molecule has 0 radical (unpaired) electrons. The second-order valence-corrected chi connectivity index (χ2v) is 7.60. The van der Waals surface area contributed by atoms with E-state index in [-0.39, 0.29) is 0 Å². The van der Waals surface area contributed by atoms with Gasteiger partial charge in [0.1, 0.15) is 0 Å². The lowest BCUT2D eigenvalue weighted by Gasteiger charge is -2.08. The summed E-state index contributed by atoms with van der Waals surface area (Å²) in [4.78, 5) is 18.5. The van der Waals surface area contributed by atoms with E-state index >= 15 is 0 Å². The Morgan fingerprint density at radius 1 is 0.929 bits per heavy atom. The van der Waals surface area contributed by atoms with Crippen LogP contribution in [-0.4, -0.2) is 41.1 Å². The Morgan fingerprint density at radius 2 is 1.57 bits per heavy atom. The van der Waals surface area contributed by atoms with Crippen LogP contribution in [0.2, 0.25) is 0 Å². The van der Waals surface area contributed by atoms with E-state index in [1.54, 1.807) is 36.5 Å². The van der Waals surface area contributed by atoms with Crippen molar-refractivity contribution in [1.29, 1.82) is 0 Å². The standard InChI is InChI=1S/C17H18N2O2S.C2H2O4/c18-12-5-7-14-6-4-10-17-16(14)11-13-19(17)22(20,21)15-8-2-1-3-9-15;3-1(4)2(5)6/h1-4,6,8-11,13H,5,7,12,18H2;(H,3,4)(H,5,6). The third kappa shape index (κ3) is 4.76. The van der Waals surface area contributed by atoms with Crippen molar-refractivity contribution in [3.8, 4) is 0 Å². The van der Waals surface area contributed by atoms with Gasteiger partial charge in [-0.15, -0.1) is 0 Å². The number of carboxylic acids is 2. The summed E-state index contributed by atoms with van der Waals surface area (Å²) in [7, 11) is -3.57. The summed E-state index contributed by atoms with van der Waals surface area (Å²) >= 11 is 0. The van der Waals surface area contributed by atoms with Crippen LogP contribution < -0.4 is 5.73 Å². The van der Waals surface area contributed by atoms with Crippen LogP contribution >= 0.6 is 0 Å². The van der Waals surface area contributed by atoms with E-state index in [1.807, 2.05) is 24.3 Å². The van der Waals surface area contributed by atoms with E-state index in [1.165, 1.54) is 3.97 Å². The zero-order valence-electron chi connectivity index (χ0n) is 14.9. The molecule has 0 saturated heterocycles. The zero-order valence-corrected chi connectivity index (χ0v) is 15.7. The summed E-state index contributed by atoms with van der Waals surface area (Å²) in [5.41, 5.74) is 7.41. The number of rotatable bonds is 5. The van der Waals surface area contributed by atoms with Crippen LogP contribution in [0, 0.1) is 0 Å². The molecular formula is C19H20N2O6S. The van der Waals surface area contributed by atoms with Crippen LogP contribution in [0.4, 0.5) is 0 Å². The Balaban J connectivity index is 0.000000409. The summed E-state index contributed by atoms with van der Waals surface area (Å²) in [6.07, 6.45) is 3.36. The molecule has 3 aromatic rings. The first kappa shape index (κ1) is 21.1. The maximum absolute atomic E-state index is 12.8. The van der Waals surface area contributed by atoms with Crippen molar-refractivity contribution >= 4 is 32.9 Å². The van der Waals surface area contributed by atoms with Gasteiger partial charge in [-0.3, -0.25) is 0 Å². The Morgan fingerprint density at radius 3 is 2.14 bits per heavy atom. The zero-order chi connectivity index (χ0) is 20.7. The molecule has 0 saturated carbocycles. The van der Waals surface area contributed by atoms with Crippen molar-refractivity contribution in [1.82, 2.24) is 3.97 Å². The van der Waals surface area contributed by atoms with Gasteiger partial charge >= 0.3 is 11.9 Å². The maximum atomic E-state index is 12.8. The molecule has 1 aromatic heterocycles. The molecule has 9 heteroatoms. The SMILES string of the molecule is NCCCc1cccc2c1ccn2S(=O)(=O)c1ccccc1.O=C(O)C(=O)O. The largest absolute Gasteiger partial charge is 0.473 e. The van der Waals surface area contributed by atoms with Crippen LogP contribution in [0.15, 0.2) is 65.7 Å². The number of aliphatic carboxylic acids is 2. The van der Waals surface area contributed by atoms with Crippen LogP contribution in [-0.2, 0) is 26.0 Å². The lowest BCUT2D eigenvalue weighted by atomic mass is 10.1. The van der Waals surface area contributed by atoms with Crippen LogP contribution in [0.3, 0.4) is 0 Å². The maximum Gasteiger partial charge on any atom is 0.414 e. The molecule has 8 nitrogen and oxygen atoms in total. The molecule has 0 aliphatic heterocycles. The Kier molecular flexibility index (Phi) is 6.91. The summed E-state index contributed by atoms with van der Waals surface area (Å²) in [6.45, 7) is 0.624. The number of carboxylic acid groups (broad SMARTS) is 2. The smallest absolute Gasteiger partial charge is 0.414 e. The molecule has 0 spiro atoms. The molecule has 1 heterocycles. The molecule has 2 aromatic carbocycles. The minimum absolute atomic E-state index is 0.292. The lowest BCUT2D eigenvalue weighted by molar-refractivity contribution is -0.159. The quantitative estimate of drug-likeness (QED) is 0.552. The first-order chi connectivity index (χ1) is 13.3. The molecule has 0 fully saturated rings. The Bertz CT molecular complexity index is 1060. The average Bonchev–Trinajstić information content (AvgIpc) is 3.13. The van der Waals surface area contributed by atoms with E-state index in [9.17, 15) is 8.42 Å². The van der Waals surface area contributed by atoms with Gasteiger partial charge in [0.25, 0.3) is 10.0 Å². The number of nitrogens with zero attached hydrogens (tertiary/aromatic N) is 1. The molecule has 28 heavy (non-hydrogen) atoms. The number of fused-ring (bicyclic) bond motifs is 1. The molecule has 4 N–H and O–H groups in total. The van der Waals surface area contributed by atoms with Gasteiger partial charge in [0.05, 0.1) is 10.4 Å². The Labute approximate surface area is 161 Å². The molecule has 0 amide bonds.